The van der Waals surface area contributed by atoms with Crippen LogP contribution in [-0.4, -0.2) is 22.3 Å². The lowest BCUT2D eigenvalue weighted by Crippen LogP contribution is -2.26. The third kappa shape index (κ3) is 2.85. The molecule has 1 aromatic carbocycles. The third-order valence-corrected chi connectivity index (χ3v) is 3.58. The maximum Gasteiger partial charge on any atom is 0.141 e. The van der Waals surface area contributed by atoms with E-state index in [4.69, 9.17) is 15.5 Å². The molecule has 0 aliphatic heterocycles. The van der Waals surface area contributed by atoms with Gasteiger partial charge in [0.05, 0.1) is 11.3 Å². The maximum absolute atomic E-state index is 6.26. The highest BCUT2D eigenvalue weighted by Gasteiger charge is 2.23. The van der Waals surface area contributed by atoms with Crippen LogP contribution < -0.4 is 5.73 Å². The summed E-state index contributed by atoms with van der Waals surface area (Å²) in [5.41, 5.74) is 7.98. The molecule has 2 aromatic rings. The monoisotopic (exact) mass is 273 g/mol. The van der Waals surface area contributed by atoms with Crippen molar-refractivity contribution in [3.63, 3.8) is 0 Å². The number of ether oxygens (including phenoxy) is 1. The Kier molecular flexibility index (Phi) is 4.14. The van der Waals surface area contributed by atoms with Crippen molar-refractivity contribution in [3.05, 3.63) is 36.0 Å². The summed E-state index contributed by atoms with van der Waals surface area (Å²) >= 11 is 0. The number of methoxy groups -OCH3 is 1. The fourth-order valence-electron chi connectivity index (χ4n) is 2.25. The molecule has 0 bridgehead atoms. The Morgan fingerprint density at radius 3 is 2.45 bits per heavy atom. The summed E-state index contributed by atoms with van der Waals surface area (Å²) in [6, 6.07) is 10.1. The Balaban J connectivity index is 2.45. The zero-order valence-corrected chi connectivity index (χ0v) is 12.7. The van der Waals surface area contributed by atoms with Gasteiger partial charge in [0.15, 0.2) is 0 Å². The van der Waals surface area contributed by atoms with E-state index in [9.17, 15) is 0 Å². The molecule has 0 aliphatic carbocycles. The molecule has 0 fully saturated rings. The molecule has 0 radical (unpaired) electrons. The van der Waals surface area contributed by atoms with E-state index in [0.29, 0.717) is 6.42 Å². The number of hydrogen-bond donors (Lipinski definition) is 1. The average molecular weight is 273 g/mol. The van der Waals surface area contributed by atoms with E-state index in [-0.39, 0.29) is 5.60 Å². The molecule has 2 N–H and O–H groups in total. The van der Waals surface area contributed by atoms with Crippen molar-refractivity contribution < 1.29 is 4.74 Å². The predicted octanol–water partition coefficient (Wildman–Crippen LogP) is 3.12. The van der Waals surface area contributed by atoms with Gasteiger partial charge in [0.25, 0.3) is 0 Å². The van der Waals surface area contributed by atoms with E-state index in [2.05, 4.69) is 23.6 Å². The lowest BCUT2D eigenvalue weighted by atomic mass is 10.0. The van der Waals surface area contributed by atoms with Gasteiger partial charge < -0.3 is 15.0 Å². The van der Waals surface area contributed by atoms with Gasteiger partial charge in [-0.15, -0.1) is 0 Å². The first-order valence-electron chi connectivity index (χ1n) is 6.94. The molecule has 0 saturated heterocycles. The smallest absolute Gasteiger partial charge is 0.141 e. The molecule has 0 spiro atoms. The summed E-state index contributed by atoms with van der Waals surface area (Å²) < 4.78 is 7.53. The molecular weight excluding hydrogens is 250 g/mol. The molecule has 108 valence electrons. The second kappa shape index (κ2) is 5.67. The summed E-state index contributed by atoms with van der Waals surface area (Å²) in [5, 5.41) is 0. The highest BCUT2D eigenvalue weighted by atomic mass is 16.5. The van der Waals surface area contributed by atoms with Gasteiger partial charge in [0.2, 0.25) is 0 Å². The van der Waals surface area contributed by atoms with Gasteiger partial charge >= 0.3 is 0 Å². The number of nitrogens with zero attached hydrogens (tertiary/aromatic N) is 2. The number of imidazole rings is 1. The van der Waals surface area contributed by atoms with Crippen LogP contribution in [0.1, 0.15) is 26.5 Å². The highest BCUT2D eigenvalue weighted by molar-refractivity contribution is 5.60. The van der Waals surface area contributed by atoms with E-state index >= 15 is 0 Å². The number of benzene rings is 1. The van der Waals surface area contributed by atoms with Gasteiger partial charge in [-0.1, -0.05) is 30.3 Å². The molecule has 0 amide bonds. The Morgan fingerprint density at radius 2 is 1.90 bits per heavy atom. The SMILES string of the molecule is CCn1c(-c2ccccc2)nc(CC(C)(C)OC)c1N. The number of nitrogens with two attached hydrogens (primary N) is 1. The normalized spacial score (nSPS) is 11.8. The van der Waals surface area contributed by atoms with Crippen LogP contribution in [0.3, 0.4) is 0 Å². The molecular formula is C16H23N3O. The summed E-state index contributed by atoms with van der Waals surface area (Å²) in [7, 11) is 1.71. The quantitative estimate of drug-likeness (QED) is 0.910. The van der Waals surface area contributed by atoms with Gasteiger partial charge in [-0.3, -0.25) is 0 Å². The van der Waals surface area contributed by atoms with Crippen LogP contribution >= 0.6 is 0 Å². The lowest BCUT2D eigenvalue weighted by molar-refractivity contribution is 0.0226. The van der Waals surface area contributed by atoms with E-state index in [1.54, 1.807) is 7.11 Å². The van der Waals surface area contributed by atoms with Gasteiger partial charge in [0, 0.05) is 25.6 Å². The molecule has 1 aromatic heterocycles. The van der Waals surface area contributed by atoms with Gasteiger partial charge in [-0.2, -0.15) is 0 Å². The average Bonchev–Trinajstić information content (AvgIpc) is 2.76. The fraction of sp³-hybridized carbons (Fsp3) is 0.438. The summed E-state index contributed by atoms with van der Waals surface area (Å²) in [5.74, 6) is 1.66. The fourth-order valence-corrected chi connectivity index (χ4v) is 2.25. The molecule has 0 aliphatic rings. The highest BCUT2D eigenvalue weighted by Crippen LogP contribution is 2.27. The number of anilines is 1. The second-order valence-corrected chi connectivity index (χ2v) is 5.52. The summed E-state index contributed by atoms with van der Waals surface area (Å²) in [6.07, 6.45) is 0.697. The van der Waals surface area contributed by atoms with E-state index in [1.807, 2.05) is 32.0 Å². The van der Waals surface area contributed by atoms with Crippen LogP contribution in [0.25, 0.3) is 11.4 Å². The minimum absolute atomic E-state index is 0.269. The van der Waals surface area contributed by atoms with Crippen molar-refractivity contribution >= 4 is 5.82 Å². The van der Waals surface area contributed by atoms with Crippen LogP contribution in [0.5, 0.6) is 0 Å². The third-order valence-electron chi connectivity index (χ3n) is 3.58. The zero-order valence-electron chi connectivity index (χ0n) is 12.7. The molecule has 4 heteroatoms. The minimum atomic E-state index is -0.269. The number of rotatable bonds is 5. The topological polar surface area (TPSA) is 53.1 Å². The van der Waals surface area contributed by atoms with Crippen LogP contribution in [0, 0.1) is 0 Å². The molecule has 2 rings (SSSR count). The maximum atomic E-state index is 6.26. The van der Waals surface area contributed by atoms with E-state index < -0.39 is 0 Å². The van der Waals surface area contributed by atoms with Crippen LogP contribution in [0.4, 0.5) is 5.82 Å². The van der Waals surface area contributed by atoms with Gasteiger partial charge in [0.1, 0.15) is 11.6 Å². The van der Waals surface area contributed by atoms with Gasteiger partial charge in [-0.05, 0) is 20.8 Å². The standard InChI is InChI=1S/C16H23N3O/c1-5-19-14(17)13(11-16(2,3)20-4)18-15(19)12-9-7-6-8-10-12/h6-10H,5,11,17H2,1-4H3. The van der Waals surface area contributed by atoms with Gasteiger partial charge in [-0.25, -0.2) is 4.98 Å². The first-order valence-corrected chi connectivity index (χ1v) is 6.94. The molecule has 20 heavy (non-hydrogen) atoms. The molecule has 4 nitrogen and oxygen atoms in total. The number of aromatic nitrogens is 2. The first-order chi connectivity index (χ1) is 9.48. The first kappa shape index (κ1) is 14.6. The van der Waals surface area contributed by atoms with E-state index in [1.165, 1.54) is 0 Å². The Labute approximate surface area is 120 Å². The summed E-state index contributed by atoms with van der Waals surface area (Å²) in [4.78, 5) is 4.74. The van der Waals surface area contributed by atoms with Crippen molar-refractivity contribution in [2.75, 3.05) is 12.8 Å². The Bertz CT molecular complexity index is 573. The second-order valence-electron chi connectivity index (χ2n) is 5.52. The van der Waals surface area contributed by atoms with E-state index in [0.717, 1.165) is 29.4 Å². The minimum Gasteiger partial charge on any atom is -0.384 e. The van der Waals surface area contributed by atoms with Crippen molar-refractivity contribution in [1.29, 1.82) is 0 Å². The summed E-state index contributed by atoms with van der Waals surface area (Å²) in [6.45, 7) is 6.96. The number of hydrogen-bond acceptors (Lipinski definition) is 3. The molecule has 0 unspecified atom stereocenters. The molecule has 1 heterocycles. The lowest BCUT2D eigenvalue weighted by Gasteiger charge is -2.21. The Hall–Kier alpha value is -1.81. The van der Waals surface area contributed by atoms with Crippen molar-refractivity contribution in [2.24, 2.45) is 0 Å². The van der Waals surface area contributed by atoms with Crippen molar-refractivity contribution in [3.8, 4) is 11.4 Å². The van der Waals surface area contributed by atoms with Crippen LogP contribution in [-0.2, 0) is 17.7 Å². The van der Waals surface area contributed by atoms with Crippen molar-refractivity contribution in [1.82, 2.24) is 9.55 Å². The molecule has 0 atom stereocenters. The largest absolute Gasteiger partial charge is 0.384 e. The van der Waals surface area contributed by atoms with Crippen molar-refractivity contribution in [2.45, 2.75) is 39.3 Å². The predicted molar refractivity (Wildman–Crippen MR) is 82.5 cm³/mol. The zero-order chi connectivity index (χ0) is 14.8. The number of nitrogen functional groups attached to an aromatic ring is 1. The Morgan fingerprint density at radius 1 is 1.25 bits per heavy atom. The van der Waals surface area contributed by atoms with Crippen LogP contribution in [0.15, 0.2) is 30.3 Å². The van der Waals surface area contributed by atoms with Crippen LogP contribution in [0.2, 0.25) is 0 Å². The molecule has 0 saturated carbocycles.